The predicted octanol–water partition coefficient (Wildman–Crippen LogP) is 2.80. The van der Waals surface area contributed by atoms with E-state index in [-0.39, 0.29) is 11.8 Å². The summed E-state index contributed by atoms with van der Waals surface area (Å²) in [6.07, 6.45) is 3.06. The summed E-state index contributed by atoms with van der Waals surface area (Å²) in [5.74, 6) is -0.198. The normalized spacial score (nSPS) is 24.5. The highest BCUT2D eigenvalue weighted by Crippen LogP contribution is 2.52. The van der Waals surface area contributed by atoms with Crippen molar-refractivity contribution < 1.29 is 14.3 Å². The highest BCUT2D eigenvalue weighted by atomic mass is 35.5. The largest absolute Gasteiger partial charge is 0.468 e. The molecule has 0 fully saturated rings. The van der Waals surface area contributed by atoms with Gasteiger partial charge in [0.1, 0.15) is 0 Å². The number of esters is 1. The van der Waals surface area contributed by atoms with Crippen LogP contribution in [0.1, 0.15) is 24.0 Å². The van der Waals surface area contributed by atoms with E-state index < -0.39 is 5.41 Å². The van der Waals surface area contributed by atoms with Gasteiger partial charge in [-0.15, -0.1) is 0 Å². The molecule has 0 spiro atoms. The second-order valence-electron chi connectivity index (χ2n) is 5.08. The zero-order valence-electron chi connectivity index (χ0n) is 10.5. The van der Waals surface area contributed by atoms with Gasteiger partial charge in [-0.1, -0.05) is 17.7 Å². The molecular formula is C15H13ClO3. The first-order valence-corrected chi connectivity index (χ1v) is 6.57. The van der Waals surface area contributed by atoms with E-state index in [0.717, 1.165) is 16.7 Å². The first kappa shape index (κ1) is 12.4. The Labute approximate surface area is 116 Å². The van der Waals surface area contributed by atoms with Crippen LogP contribution >= 0.6 is 11.6 Å². The Morgan fingerprint density at radius 1 is 1.42 bits per heavy atom. The molecule has 1 atom stereocenters. The van der Waals surface area contributed by atoms with Crippen LogP contribution in [0, 0.1) is 5.41 Å². The minimum absolute atomic E-state index is 0.0670. The molecule has 1 aromatic rings. The number of hydrogen-bond acceptors (Lipinski definition) is 3. The number of ketones is 1. The summed E-state index contributed by atoms with van der Waals surface area (Å²) in [6, 6.07) is 5.53. The zero-order chi connectivity index (χ0) is 13.6. The average Bonchev–Trinajstić information content (AvgIpc) is 2.71. The number of fused-ring (bicyclic) bond motifs is 3. The molecule has 4 heteroatoms. The number of rotatable bonds is 1. The summed E-state index contributed by atoms with van der Waals surface area (Å²) in [6.45, 7) is 0. The molecule has 0 amide bonds. The van der Waals surface area contributed by atoms with Crippen molar-refractivity contribution in [2.45, 2.75) is 19.3 Å². The zero-order valence-corrected chi connectivity index (χ0v) is 11.3. The van der Waals surface area contributed by atoms with Gasteiger partial charge in [-0.3, -0.25) is 9.59 Å². The maximum Gasteiger partial charge on any atom is 0.316 e. The lowest BCUT2D eigenvalue weighted by molar-refractivity contribution is -0.149. The van der Waals surface area contributed by atoms with Crippen LogP contribution in [0.5, 0.6) is 0 Å². The third-order valence-corrected chi connectivity index (χ3v) is 4.28. The lowest BCUT2D eigenvalue weighted by Gasteiger charge is -2.30. The first-order chi connectivity index (χ1) is 9.06. The smallest absolute Gasteiger partial charge is 0.316 e. The Hall–Kier alpha value is -1.61. The number of hydrogen-bond donors (Lipinski definition) is 0. The summed E-state index contributed by atoms with van der Waals surface area (Å²) in [5, 5.41) is 0.643. The Kier molecular flexibility index (Phi) is 2.75. The van der Waals surface area contributed by atoms with Gasteiger partial charge >= 0.3 is 5.97 Å². The molecule has 1 aromatic carbocycles. The number of methoxy groups -OCH3 is 1. The number of allylic oxidation sites excluding steroid dienone is 1. The molecule has 19 heavy (non-hydrogen) atoms. The fourth-order valence-electron chi connectivity index (χ4n) is 3.14. The maximum absolute atomic E-state index is 12.2. The molecule has 0 radical (unpaired) electrons. The molecule has 0 unspecified atom stereocenters. The highest BCUT2D eigenvalue weighted by molar-refractivity contribution is 6.30. The molecule has 0 saturated heterocycles. The average molecular weight is 277 g/mol. The molecule has 0 saturated carbocycles. The van der Waals surface area contributed by atoms with Crippen LogP contribution in [-0.2, 0) is 20.7 Å². The maximum atomic E-state index is 12.2. The minimum Gasteiger partial charge on any atom is -0.468 e. The van der Waals surface area contributed by atoms with Crippen LogP contribution in [0.15, 0.2) is 24.3 Å². The minimum atomic E-state index is -0.699. The standard InChI is InChI=1S/C15H13ClO3/c1-19-14(18)15-5-4-11(17)7-13(15)12-3-2-10(16)6-9(12)8-15/h2-3,6-7H,4-5,8H2,1H3/t15-/m1/s1. The Morgan fingerprint density at radius 3 is 2.95 bits per heavy atom. The third kappa shape index (κ3) is 1.72. The second kappa shape index (κ2) is 4.20. The summed E-state index contributed by atoms with van der Waals surface area (Å²) in [4.78, 5) is 23.9. The van der Waals surface area contributed by atoms with E-state index in [1.807, 2.05) is 12.1 Å². The molecule has 3 rings (SSSR count). The van der Waals surface area contributed by atoms with Gasteiger partial charge in [-0.25, -0.2) is 0 Å². The lowest BCUT2D eigenvalue weighted by atomic mass is 9.72. The number of carbonyl (C=O) groups is 2. The monoisotopic (exact) mass is 276 g/mol. The van der Waals surface area contributed by atoms with Gasteiger partial charge in [0.05, 0.1) is 12.5 Å². The molecule has 0 heterocycles. The van der Waals surface area contributed by atoms with Gasteiger partial charge in [-0.2, -0.15) is 0 Å². The van der Waals surface area contributed by atoms with Gasteiger partial charge < -0.3 is 4.74 Å². The van der Waals surface area contributed by atoms with E-state index >= 15 is 0 Å². The van der Waals surface area contributed by atoms with Crippen molar-refractivity contribution in [3.63, 3.8) is 0 Å². The number of ether oxygens (including phenoxy) is 1. The molecule has 0 aliphatic heterocycles. The SMILES string of the molecule is COC(=O)[C@@]12CCC(=O)C=C1c1ccc(Cl)cc1C2. The molecule has 0 N–H and O–H groups in total. The molecule has 2 aliphatic carbocycles. The van der Waals surface area contributed by atoms with Gasteiger partial charge in [0.2, 0.25) is 0 Å². The number of halogens is 1. The van der Waals surface area contributed by atoms with Crippen LogP contribution in [0.2, 0.25) is 5.02 Å². The van der Waals surface area contributed by atoms with E-state index in [4.69, 9.17) is 16.3 Å². The van der Waals surface area contributed by atoms with Crippen molar-refractivity contribution in [1.82, 2.24) is 0 Å². The second-order valence-corrected chi connectivity index (χ2v) is 5.51. The molecule has 2 aliphatic rings. The topological polar surface area (TPSA) is 43.4 Å². The van der Waals surface area contributed by atoms with Crippen LogP contribution < -0.4 is 0 Å². The van der Waals surface area contributed by atoms with Crippen molar-refractivity contribution in [2.24, 2.45) is 5.41 Å². The Balaban J connectivity index is 2.20. The van der Waals surface area contributed by atoms with Crippen molar-refractivity contribution in [3.8, 4) is 0 Å². The van der Waals surface area contributed by atoms with E-state index in [2.05, 4.69) is 0 Å². The molecular weight excluding hydrogens is 264 g/mol. The summed E-state index contributed by atoms with van der Waals surface area (Å²) in [5.41, 5.74) is 2.05. The quantitative estimate of drug-likeness (QED) is 0.741. The third-order valence-electron chi connectivity index (χ3n) is 4.04. The van der Waals surface area contributed by atoms with Gasteiger partial charge in [-0.05, 0) is 47.8 Å². The molecule has 98 valence electrons. The Morgan fingerprint density at radius 2 is 2.21 bits per heavy atom. The van der Waals surface area contributed by atoms with Gasteiger partial charge in [0, 0.05) is 11.4 Å². The molecule has 0 bridgehead atoms. The van der Waals surface area contributed by atoms with Crippen LogP contribution in [-0.4, -0.2) is 18.9 Å². The summed E-state index contributed by atoms with van der Waals surface area (Å²) < 4.78 is 4.97. The van der Waals surface area contributed by atoms with E-state index in [9.17, 15) is 9.59 Å². The predicted molar refractivity (Wildman–Crippen MR) is 71.8 cm³/mol. The first-order valence-electron chi connectivity index (χ1n) is 6.19. The highest BCUT2D eigenvalue weighted by Gasteiger charge is 2.50. The number of benzene rings is 1. The van der Waals surface area contributed by atoms with E-state index in [0.29, 0.717) is 24.3 Å². The number of carbonyl (C=O) groups excluding carboxylic acids is 2. The van der Waals surface area contributed by atoms with Crippen LogP contribution in [0.3, 0.4) is 0 Å². The van der Waals surface area contributed by atoms with Crippen molar-refractivity contribution in [3.05, 3.63) is 40.4 Å². The fourth-order valence-corrected chi connectivity index (χ4v) is 3.33. The van der Waals surface area contributed by atoms with Gasteiger partial charge in [0.15, 0.2) is 5.78 Å². The van der Waals surface area contributed by atoms with E-state index in [1.54, 1.807) is 12.1 Å². The Bertz CT molecular complexity index is 618. The van der Waals surface area contributed by atoms with Crippen molar-refractivity contribution in [2.75, 3.05) is 7.11 Å². The van der Waals surface area contributed by atoms with Crippen LogP contribution in [0.4, 0.5) is 0 Å². The van der Waals surface area contributed by atoms with Crippen LogP contribution in [0.25, 0.3) is 5.57 Å². The van der Waals surface area contributed by atoms with Crippen molar-refractivity contribution in [1.29, 1.82) is 0 Å². The lowest BCUT2D eigenvalue weighted by Crippen LogP contribution is -2.35. The van der Waals surface area contributed by atoms with Gasteiger partial charge in [0.25, 0.3) is 0 Å². The van der Waals surface area contributed by atoms with E-state index in [1.165, 1.54) is 7.11 Å². The fraction of sp³-hybridized carbons (Fsp3) is 0.333. The summed E-state index contributed by atoms with van der Waals surface area (Å²) >= 11 is 6.01. The summed E-state index contributed by atoms with van der Waals surface area (Å²) in [7, 11) is 1.39. The van der Waals surface area contributed by atoms with Crippen molar-refractivity contribution >= 4 is 28.9 Å². The molecule has 0 aromatic heterocycles. The molecule has 3 nitrogen and oxygen atoms in total.